The molecule has 1 aromatic rings. The van der Waals surface area contributed by atoms with Crippen LogP contribution in [0.4, 0.5) is 0 Å². The first-order chi connectivity index (χ1) is 10.3. The van der Waals surface area contributed by atoms with Crippen molar-refractivity contribution < 1.29 is 4.74 Å². The number of hydrogen-bond acceptors (Lipinski definition) is 4. The van der Waals surface area contributed by atoms with Gasteiger partial charge in [0.15, 0.2) is 5.96 Å². The van der Waals surface area contributed by atoms with Gasteiger partial charge in [-0.3, -0.25) is 9.98 Å². The van der Waals surface area contributed by atoms with Gasteiger partial charge in [0.1, 0.15) is 12.4 Å². The topological polar surface area (TPSA) is 49.8 Å². The van der Waals surface area contributed by atoms with Crippen LogP contribution in [0, 0.1) is 0 Å². The highest BCUT2D eigenvalue weighted by Crippen LogP contribution is 2.20. The monoisotopic (exact) mass is 436 g/mol. The van der Waals surface area contributed by atoms with Crippen molar-refractivity contribution in [2.45, 2.75) is 18.6 Å². The molecule has 1 aliphatic heterocycles. The van der Waals surface area contributed by atoms with Gasteiger partial charge in [0.25, 0.3) is 0 Å². The molecule has 7 heteroatoms. The molecule has 0 saturated carbocycles. The second-order valence-electron chi connectivity index (χ2n) is 4.86. The first-order valence-corrected chi connectivity index (χ1v) is 8.48. The maximum atomic E-state index is 5.63. The third kappa shape index (κ3) is 6.20. The van der Waals surface area contributed by atoms with Crippen LogP contribution in [-0.2, 0) is 0 Å². The molecule has 0 bridgehead atoms. The smallest absolute Gasteiger partial charge is 0.193 e. The maximum absolute atomic E-state index is 5.63. The minimum atomic E-state index is 0. The minimum absolute atomic E-state index is 0. The van der Waals surface area contributed by atoms with Crippen molar-refractivity contribution in [2.75, 3.05) is 39.0 Å². The van der Waals surface area contributed by atoms with Gasteiger partial charge in [0.05, 0.1) is 12.7 Å². The van der Waals surface area contributed by atoms with Gasteiger partial charge in [-0.25, -0.2) is 0 Å². The fraction of sp³-hybridized carbons (Fsp3) is 0.600. The molecule has 0 spiro atoms. The quantitative estimate of drug-likeness (QED) is 0.333. The summed E-state index contributed by atoms with van der Waals surface area (Å²) in [5.41, 5.74) is 0. The first kappa shape index (κ1) is 19.3. The summed E-state index contributed by atoms with van der Waals surface area (Å²) in [6.45, 7) is 5.72. The van der Waals surface area contributed by atoms with Crippen LogP contribution in [0.5, 0.6) is 5.75 Å². The summed E-state index contributed by atoms with van der Waals surface area (Å²) >= 11 is 2.06. The van der Waals surface area contributed by atoms with E-state index >= 15 is 0 Å². The van der Waals surface area contributed by atoms with E-state index in [4.69, 9.17) is 4.74 Å². The van der Waals surface area contributed by atoms with Crippen LogP contribution < -0.4 is 10.1 Å². The Balaban J connectivity index is 0.00000242. The van der Waals surface area contributed by atoms with Gasteiger partial charge < -0.3 is 15.0 Å². The summed E-state index contributed by atoms with van der Waals surface area (Å²) in [6.07, 6.45) is 4.68. The molecular weight excluding hydrogens is 411 g/mol. The molecular formula is C15H25IN4OS. The largest absolute Gasteiger partial charge is 0.490 e. The number of halogens is 1. The molecule has 2 heterocycles. The van der Waals surface area contributed by atoms with E-state index in [1.165, 1.54) is 12.2 Å². The van der Waals surface area contributed by atoms with E-state index in [-0.39, 0.29) is 24.0 Å². The number of ether oxygens (including phenoxy) is 1. The van der Waals surface area contributed by atoms with Crippen molar-refractivity contribution in [2.24, 2.45) is 4.99 Å². The summed E-state index contributed by atoms with van der Waals surface area (Å²) in [6, 6.07) is 3.79. The Kier molecular flexibility index (Phi) is 9.61. The van der Waals surface area contributed by atoms with Crippen molar-refractivity contribution in [3.63, 3.8) is 0 Å². The number of nitrogens with one attached hydrogen (secondary N) is 1. The van der Waals surface area contributed by atoms with Gasteiger partial charge >= 0.3 is 0 Å². The number of aliphatic imine (C=N–C) groups is 1. The van der Waals surface area contributed by atoms with Crippen LogP contribution in [0.25, 0.3) is 0 Å². The second kappa shape index (κ2) is 10.9. The van der Waals surface area contributed by atoms with E-state index in [0.29, 0.717) is 11.9 Å². The molecule has 1 fully saturated rings. The molecule has 22 heavy (non-hydrogen) atoms. The van der Waals surface area contributed by atoms with Crippen LogP contribution in [0.2, 0.25) is 0 Å². The van der Waals surface area contributed by atoms with E-state index in [1.54, 1.807) is 12.4 Å². The predicted octanol–water partition coefficient (Wildman–Crippen LogP) is 2.48. The third-order valence-corrected chi connectivity index (χ3v) is 4.77. The van der Waals surface area contributed by atoms with Gasteiger partial charge in [-0.1, -0.05) is 6.92 Å². The normalized spacial score (nSPS) is 18.5. The zero-order valence-electron chi connectivity index (χ0n) is 13.2. The molecule has 2 rings (SSSR count). The van der Waals surface area contributed by atoms with Crippen molar-refractivity contribution in [3.8, 4) is 5.75 Å². The Morgan fingerprint density at radius 3 is 3.14 bits per heavy atom. The average molecular weight is 436 g/mol. The van der Waals surface area contributed by atoms with Crippen LogP contribution >= 0.6 is 35.7 Å². The zero-order chi connectivity index (χ0) is 14.9. The number of aromatic nitrogens is 1. The van der Waals surface area contributed by atoms with Crippen molar-refractivity contribution in [1.82, 2.24) is 15.2 Å². The van der Waals surface area contributed by atoms with Crippen LogP contribution in [0.1, 0.15) is 13.3 Å². The SMILES string of the molecule is CCC1CN(C(=NC)NCCOc2cccnc2)CCS1.I. The number of thioether (sulfide) groups is 1. The molecule has 124 valence electrons. The van der Waals surface area contributed by atoms with E-state index < -0.39 is 0 Å². The molecule has 0 amide bonds. The standard InChI is InChI=1S/C15H24N4OS.HI/c1-3-14-12-19(8-10-21-14)15(16-2)18-7-9-20-13-5-4-6-17-11-13;/h4-6,11,14H,3,7-10,12H2,1-2H3,(H,16,18);1H. The number of guanidine groups is 1. The van der Waals surface area contributed by atoms with Gasteiger partial charge in [0.2, 0.25) is 0 Å². The van der Waals surface area contributed by atoms with Crippen LogP contribution in [0.3, 0.4) is 0 Å². The molecule has 1 aromatic heterocycles. The minimum Gasteiger partial charge on any atom is -0.490 e. The van der Waals surface area contributed by atoms with Gasteiger partial charge in [-0.2, -0.15) is 11.8 Å². The number of nitrogens with zero attached hydrogens (tertiary/aromatic N) is 3. The van der Waals surface area contributed by atoms with Gasteiger partial charge in [-0.15, -0.1) is 24.0 Å². The Morgan fingerprint density at radius 1 is 1.59 bits per heavy atom. The van der Waals surface area contributed by atoms with Crippen molar-refractivity contribution in [1.29, 1.82) is 0 Å². The lowest BCUT2D eigenvalue weighted by molar-refractivity contribution is 0.316. The predicted molar refractivity (Wildman–Crippen MR) is 105 cm³/mol. The van der Waals surface area contributed by atoms with Crippen molar-refractivity contribution in [3.05, 3.63) is 24.5 Å². The Labute approximate surface area is 154 Å². The number of pyridine rings is 1. The molecule has 1 N–H and O–H groups in total. The van der Waals surface area contributed by atoms with E-state index in [0.717, 1.165) is 31.3 Å². The third-order valence-electron chi connectivity index (χ3n) is 3.39. The molecule has 1 saturated heterocycles. The maximum Gasteiger partial charge on any atom is 0.193 e. The Hall–Kier alpha value is -0.700. The highest BCUT2D eigenvalue weighted by molar-refractivity contribution is 14.0. The van der Waals surface area contributed by atoms with Crippen LogP contribution in [-0.4, -0.2) is 60.1 Å². The molecule has 1 atom stereocenters. The van der Waals surface area contributed by atoms with Gasteiger partial charge in [-0.05, 0) is 18.6 Å². The zero-order valence-corrected chi connectivity index (χ0v) is 16.3. The average Bonchev–Trinajstić information content (AvgIpc) is 2.56. The molecule has 1 aliphatic rings. The number of hydrogen-bond donors (Lipinski definition) is 1. The van der Waals surface area contributed by atoms with Crippen molar-refractivity contribution >= 4 is 41.7 Å². The summed E-state index contributed by atoms with van der Waals surface area (Å²) in [4.78, 5) is 10.7. The number of rotatable bonds is 5. The first-order valence-electron chi connectivity index (χ1n) is 7.43. The summed E-state index contributed by atoms with van der Waals surface area (Å²) < 4.78 is 5.63. The summed E-state index contributed by atoms with van der Waals surface area (Å²) in [7, 11) is 1.84. The van der Waals surface area contributed by atoms with E-state index in [2.05, 4.69) is 38.9 Å². The Morgan fingerprint density at radius 2 is 2.45 bits per heavy atom. The highest BCUT2D eigenvalue weighted by atomic mass is 127. The lowest BCUT2D eigenvalue weighted by Gasteiger charge is -2.34. The molecule has 1 unspecified atom stereocenters. The summed E-state index contributed by atoms with van der Waals surface area (Å²) in [5.74, 6) is 2.95. The fourth-order valence-electron chi connectivity index (χ4n) is 2.26. The Bertz CT molecular complexity index is 446. The summed E-state index contributed by atoms with van der Waals surface area (Å²) in [5, 5.41) is 4.09. The second-order valence-corrected chi connectivity index (χ2v) is 6.27. The van der Waals surface area contributed by atoms with E-state index in [9.17, 15) is 0 Å². The molecule has 0 aromatic carbocycles. The lowest BCUT2D eigenvalue weighted by Crippen LogP contribution is -2.48. The molecule has 5 nitrogen and oxygen atoms in total. The van der Waals surface area contributed by atoms with E-state index in [1.807, 2.05) is 19.2 Å². The molecule has 0 radical (unpaired) electrons. The van der Waals surface area contributed by atoms with Crippen LogP contribution in [0.15, 0.2) is 29.5 Å². The fourth-order valence-corrected chi connectivity index (χ4v) is 3.44. The lowest BCUT2D eigenvalue weighted by atomic mass is 10.3. The highest BCUT2D eigenvalue weighted by Gasteiger charge is 2.21. The molecule has 0 aliphatic carbocycles. The van der Waals surface area contributed by atoms with Gasteiger partial charge in [0, 0.05) is 37.3 Å².